The number of hydrogen-bond acceptors (Lipinski definition) is 5. The van der Waals surface area contributed by atoms with Gasteiger partial charge in [-0.2, -0.15) is 0 Å². The minimum absolute atomic E-state index is 0.0991. The lowest BCUT2D eigenvalue weighted by Gasteiger charge is -2.26. The maximum Gasteiger partial charge on any atom is 0.252 e. The number of ether oxygens (including phenoxy) is 1. The highest BCUT2D eigenvalue weighted by Gasteiger charge is 2.11. The standard InChI is InChI=1S/C15H22N4O2/c1-2-3-17-14-10-13(11-16-12-14)15(20)18-4-5-19-6-8-21-9-7-19/h2,10-12,17H,1,3-9H2,(H,18,20). The lowest BCUT2D eigenvalue weighted by molar-refractivity contribution is 0.0383. The number of anilines is 1. The van der Waals surface area contributed by atoms with E-state index in [4.69, 9.17) is 4.74 Å². The summed E-state index contributed by atoms with van der Waals surface area (Å²) in [6.45, 7) is 9.16. The van der Waals surface area contributed by atoms with Crippen LogP contribution in [-0.4, -0.2) is 61.7 Å². The molecule has 2 rings (SSSR count). The molecule has 1 aliphatic heterocycles. The first-order chi connectivity index (χ1) is 10.3. The summed E-state index contributed by atoms with van der Waals surface area (Å²) in [5.74, 6) is -0.0991. The van der Waals surface area contributed by atoms with Crippen molar-refractivity contribution in [3.05, 3.63) is 36.7 Å². The fourth-order valence-electron chi connectivity index (χ4n) is 2.11. The summed E-state index contributed by atoms with van der Waals surface area (Å²) in [4.78, 5) is 18.4. The highest BCUT2D eigenvalue weighted by atomic mass is 16.5. The van der Waals surface area contributed by atoms with Crippen LogP contribution < -0.4 is 10.6 Å². The van der Waals surface area contributed by atoms with E-state index in [0.29, 0.717) is 18.7 Å². The molecule has 1 aromatic heterocycles. The first-order valence-electron chi connectivity index (χ1n) is 7.17. The molecule has 1 amide bonds. The SMILES string of the molecule is C=CCNc1cncc(C(=O)NCCN2CCOCC2)c1. The third-order valence-corrected chi connectivity index (χ3v) is 3.27. The van der Waals surface area contributed by atoms with Crippen LogP contribution in [0, 0.1) is 0 Å². The molecule has 114 valence electrons. The smallest absolute Gasteiger partial charge is 0.252 e. The van der Waals surface area contributed by atoms with Crippen LogP contribution in [0.1, 0.15) is 10.4 Å². The molecule has 6 heteroatoms. The van der Waals surface area contributed by atoms with Crippen LogP contribution in [-0.2, 0) is 4.74 Å². The molecule has 1 saturated heterocycles. The molecule has 0 aromatic carbocycles. The Bertz CT molecular complexity index is 472. The molecule has 21 heavy (non-hydrogen) atoms. The third-order valence-electron chi connectivity index (χ3n) is 3.27. The highest BCUT2D eigenvalue weighted by molar-refractivity contribution is 5.94. The molecule has 2 heterocycles. The van der Waals surface area contributed by atoms with E-state index in [1.54, 1.807) is 24.5 Å². The van der Waals surface area contributed by atoms with E-state index in [0.717, 1.165) is 38.5 Å². The molecule has 0 bridgehead atoms. The zero-order valence-electron chi connectivity index (χ0n) is 12.2. The zero-order chi connectivity index (χ0) is 14.9. The number of pyridine rings is 1. The molecule has 0 saturated carbocycles. The van der Waals surface area contributed by atoms with Crippen LogP contribution in [0.25, 0.3) is 0 Å². The Hall–Kier alpha value is -1.92. The van der Waals surface area contributed by atoms with E-state index in [-0.39, 0.29) is 5.91 Å². The third kappa shape index (κ3) is 5.17. The van der Waals surface area contributed by atoms with Gasteiger partial charge in [0.2, 0.25) is 0 Å². The van der Waals surface area contributed by atoms with Crippen molar-refractivity contribution in [3.63, 3.8) is 0 Å². The second kappa shape index (κ2) is 8.39. The van der Waals surface area contributed by atoms with E-state index < -0.39 is 0 Å². The monoisotopic (exact) mass is 290 g/mol. The molecule has 1 aliphatic rings. The van der Waals surface area contributed by atoms with Crippen LogP contribution in [0.4, 0.5) is 5.69 Å². The van der Waals surface area contributed by atoms with Crippen molar-refractivity contribution >= 4 is 11.6 Å². The molecule has 1 aromatic rings. The van der Waals surface area contributed by atoms with Crippen molar-refractivity contribution in [2.45, 2.75) is 0 Å². The van der Waals surface area contributed by atoms with Crippen molar-refractivity contribution in [1.29, 1.82) is 0 Å². The van der Waals surface area contributed by atoms with E-state index >= 15 is 0 Å². The lowest BCUT2D eigenvalue weighted by Crippen LogP contribution is -2.41. The van der Waals surface area contributed by atoms with Crippen LogP contribution >= 0.6 is 0 Å². The molecule has 0 aliphatic carbocycles. The molecule has 0 radical (unpaired) electrons. The van der Waals surface area contributed by atoms with Crippen LogP contribution in [0.3, 0.4) is 0 Å². The van der Waals surface area contributed by atoms with Gasteiger partial charge in [-0.15, -0.1) is 6.58 Å². The summed E-state index contributed by atoms with van der Waals surface area (Å²) in [6.07, 6.45) is 5.02. The van der Waals surface area contributed by atoms with Gasteiger partial charge in [-0.25, -0.2) is 0 Å². The van der Waals surface area contributed by atoms with Crippen molar-refractivity contribution < 1.29 is 9.53 Å². The van der Waals surface area contributed by atoms with Gasteiger partial charge in [0.15, 0.2) is 0 Å². The van der Waals surface area contributed by atoms with Gasteiger partial charge in [0.1, 0.15) is 0 Å². The predicted molar refractivity (Wildman–Crippen MR) is 82.5 cm³/mol. The molecule has 0 unspecified atom stereocenters. The fraction of sp³-hybridized carbons (Fsp3) is 0.467. The van der Waals surface area contributed by atoms with Gasteiger partial charge in [0.25, 0.3) is 5.91 Å². The lowest BCUT2D eigenvalue weighted by atomic mass is 10.2. The summed E-state index contributed by atoms with van der Waals surface area (Å²) < 4.78 is 5.29. The van der Waals surface area contributed by atoms with Crippen LogP contribution in [0.5, 0.6) is 0 Å². The summed E-state index contributed by atoms with van der Waals surface area (Å²) in [6, 6.07) is 1.79. The van der Waals surface area contributed by atoms with Crippen molar-refractivity contribution in [1.82, 2.24) is 15.2 Å². The maximum atomic E-state index is 12.1. The van der Waals surface area contributed by atoms with Crippen molar-refractivity contribution in [2.75, 3.05) is 51.3 Å². The van der Waals surface area contributed by atoms with Crippen LogP contribution in [0.15, 0.2) is 31.1 Å². The number of hydrogen-bond donors (Lipinski definition) is 2. The Balaban J connectivity index is 1.78. The summed E-state index contributed by atoms with van der Waals surface area (Å²) >= 11 is 0. The average molecular weight is 290 g/mol. The van der Waals surface area contributed by atoms with Gasteiger partial charge in [-0.1, -0.05) is 6.08 Å². The quantitative estimate of drug-likeness (QED) is 0.725. The Morgan fingerprint density at radius 2 is 2.24 bits per heavy atom. The van der Waals surface area contributed by atoms with Gasteiger partial charge in [-0.05, 0) is 6.07 Å². The van der Waals surface area contributed by atoms with Gasteiger partial charge in [0, 0.05) is 45.1 Å². The predicted octanol–water partition coefficient (Wildman–Crippen LogP) is 0.741. The van der Waals surface area contributed by atoms with E-state index in [1.807, 2.05) is 0 Å². The fourth-order valence-corrected chi connectivity index (χ4v) is 2.11. The first kappa shape index (κ1) is 15.5. The number of nitrogens with one attached hydrogen (secondary N) is 2. The van der Waals surface area contributed by atoms with Gasteiger partial charge in [0.05, 0.1) is 24.5 Å². The average Bonchev–Trinajstić information content (AvgIpc) is 2.54. The van der Waals surface area contributed by atoms with Crippen LogP contribution in [0.2, 0.25) is 0 Å². The van der Waals surface area contributed by atoms with Gasteiger partial charge in [-0.3, -0.25) is 14.7 Å². The number of carbonyl (C=O) groups excluding carboxylic acids is 1. The Morgan fingerprint density at radius 1 is 1.43 bits per heavy atom. The number of aromatic nitrogens is 1. The Labute approximate surface area is 125 Å². The largest absolute Gasteiger partial charge is 0.380 e. The van der Waals surface area contributed by atoms with Gasteiger partial charge < -0.3 is 15.4 Å². The normalized spacial score (nSPS) is 15.4. The number of nitrogens with zero attached hydrogens (tertiary/aromatic N) is 2. The number of rotatable bonds is 7. The van der Waals surface area contributed by atoms with E-state index in [2.05, 4.69) is 27.1 Å². The zero-order valence-corrected chi connectivity index (χ0v) is 12.2. The van der Waals surface area contributed by atoms with Crippen molar-refractivity contribution in [2.24, 2.45) is 0 Å². The minimum Gasteiger partial charge on any atom is -0.380 e. The number of amides is 1. The molecular formula is C15H22N4O2. The highest BCUT2D eigenvalue weighted by Crippen LogP contribution is 2.08. The molecule has 0 atom stereocenters. The van der Waals surface area contributed by atoms with Crippen molar-refractivity contribution in [3.8, 4) is 0 Å². The van der Waals surface area contributed by atoms with E-state index in [1.165, 1.54) is 0 Å². The number of carbonyl (C=O) groups is 1. The summed E-state index contributed by atoms with van der Waals surface area (Å²) in [5, 5.41) is 6.03. The maximum absolute atomic E-state index is 12.1. The molecule has 2 N–H and O–H groups in total. The second-order valence-electron chi connectivity index (χ2n) is 4.84. The summed E-state index contributed by atoms with van der Waals surface area (Å²) in [5.41, 5.74) is 1.38. The minimum atomic E-state index is -0.0991. The molecular weight excluding hydrogens is 268 g/mol. The first-order valence-corrected chi connectivity index (χ1v) is 7.17. The molecule has 1 fully saturated rings. The topological polar surface area (TPSA) is 66.5 Å². The second-order valence-corrected chi connectivity index (χ2v) is 4.84. The van der Waals surface area contributed by atoms with E-state index in [9.17, 15) is 4.79 Å². The summed E-state index contributed by atoms with van der Waals surface area (Å²) in [7, 11) is 0. The van der Waals surface area contributed by atoms with Gasteiger partial charge >= 0.3 is 0 Å². The Morgan fingerprint density at radius 3 is 3.00 bits per heavy atom. The Kier molecular flexibility index (Phi) is 6.18. The molecule has 0 spiro atoms. The number of morpholine rings is 1. The molecule has 6 nitrogen and oxygen atoms in total.